The number of aromatic amines is 1. The summed E-state index contributed by atoms with van der Waals surface area (Å²) in [5, 5.41) is 13.2. The Labute approximate surface area is 162 Å². The van der Waals surface area contributed by atoms with Gasteiger partial charge in [0.25, 0.3) is 5.91 Å². The average molecular weight is 392 g/mol. The molecule has 2 aromatic heterocycles. The van der Waals surface area contributed by atoms with Gasteiger partial charge in [0.1, 0.15) is 6.10 Å². The van der Waals surface area contributed by atoms with Gasteiger partial charge < -0.3 is 15.0 Å². The van der Waals surface area contributed by atoms with Crippen LogP contribution in [0.2, 0.25) is 0 Å². The molecule has 5 nitrogen and oxygen atoms in total. The lowest BCUT2D eigenvalue weighted by Crippen LogP contribution is -2.49. The van der Waals surface area contributed by atoms with Crippen molar-refractivity contribution in [2.75, 3.05) is 32.7 Å². The minimum Gasteiger partial charge on any atom is -0.386 e. The number of thiophene rings is 1. The Bertz CT molecular complexity index is 857. The van der Waals surface area contributed by atoms with Crippen LogP contribution in [-0.2, 0) is 0 Å². The van der Waals surface area contributed by atoms with E-state index in [1.165, 1.54) is 0 Å². The molecule has 3 aromatic rings. The predicted molar refractivity (Wildman–Crippen MR) is 107 cm³/mol. The molecule has 0 spiro atoms. The number of H-pyrrole nitrogens is 1. The molecule has 0 aliphatic carbocycles. The molecule has 2 N–H and O–H groups in total. The number of para-hydroxylation sites is 1. The van der Waals surface area contributed by atoms with Crippen LogP contribution in [0.3, 0.4) is 0 Å². The predicted octanol–water partition coefficient (Wildman–Crippen LogP) is 3.14. The summed E-state index contributed by atoms with van der Waals surface area (Å²) in [4.78, 5) is 21.1. The molecule has 138 valence electrons. The van der Waals surface area contributed by atoms with Gasteiger partial charge in [-0.1, -0.05) is 24.3 Å². The van der Waals surface area contributed by atoms with Gasteiger partial charge in [0.15, 0.2) is 0 Å². The van der Waals surface area contributed by atoms with Crippen LogP contribution in [0.4, 0.5) is 0 Å². The van der Waals surface area contributed by atoms with Crippen LogP contribution in [0.15, 0.2) is 48.0 Å². The maximum Gasteiger partial charge on any atom is 0.256 e. The zero-order valence-corrected chi connectivity index (χ0v) is 15.9. The lowest BCUT2D eigenvalue weighted by atomic mass is 10.1. The van der Waals surface area contributed by atoms with E-state index in [4.69, 9.17) is 0 Å². The number of β-amino-alcohol motifs (C(OH)–C–C–N with tert-alkyl or cyclic N) is 1. The average Bonchev–Trinajstić information content (AvgIpc) is 3.32. The Balaban J connectivity index is 0.00000196. The maximum absolute atomic E-state index is 12.8. The molecular formula is C19H22ClN3O2S. The van der Waals surface area contributed by atoms with Crippen LogP contribution < -0.4 is 0 Å². The lowest BCUT2D eigenvalue weighted by molar-refractivity contribution is 0.0534. The van der Waals surface area contributed by atoms with Crippen LogP contribution in [0.25, 0.3) is 10.9 Å². The van der Waals surface area contributed by atoms with Crippen molar-refractivity contribution in [2.24, 2.45) is 0 Å². The van der Waals surface area contributed by atoms with Crippen LogP contribution >= 0.6 is 23.7 Å². The number of fused-ring (bicyclic) bond motifs is 1. The van der Waals surface area contributed by atoms with E-state index in [2.05, 4.69) is 9.88 Å². The first-order valence-electron chi connectivity index (χ1n) is 8.51. The number of piperazine rings is 1. The van der Waals surface area contributed by atoms with Crippen LogP contribution in [0.1, 0.15) is 21.3 Å². The van der Waals surface area contributed by atoms with Gasteiger partial charge in [-0.25, -0.2) is 0 Å². The number of hydrogen-bond acceptors (Lipinski definition) is 4. The van der Waals surface area contributed by atoms with Crippen LogP contribution in [0, 0.1) is 0 Å². The van der Waals surface area contributed by atoms with Gasteiger partial charge >= 0.3 is 0 Å². The van der Waals surface area contributed by atoms with Crippen molar-refractivity contribution in [3.8, 4) is 0 Å². The number of benzene rings is 1. The van der Waals surface area contributed by atoms with Gasteiger partial charge in [-0.3, -0.25) is 9.69 Å². The Morgan fingerprint density at radius 2 is 1.92 bits per heavy atom. The number of amides is 1. The fourth-order valence-electron chi connectivity index (χ4n) is 3.37. The van der Waals surface area contributed by atoms with Crippen molar-refractivity contribution in [1.82, 2.24) is 14.8 Å². The number of nitrogens with one attached hydrogen (secondary N) is 1. The van der Waals surface area contributed by atoms with Crippen molar-refractivity contribution >= 4 is 40.6 Å². The first-order chi connectivity index (χ1) is 12.2. The van der Waals surface area contributed by atoms with Gasteiger partial charge in [0.05, 0.1) is 5.56 Å². The number of aliphatic hydroxyl groups is 1. The summed E-state index contributed by atoms with van der Waals surface area (Å²) in [6, 6.07) is 11.8. The third-order valence-electron chi connectivity index (χ3n) is 4.78. The van der Waals surface area contributed by atoms with E-state index in [1.807, 2.05) is 46.7 Å². The van der Waals surface area contributed by atoms with Gasteiger partial charge in [-0.2, -0.15) is 0 Å². The number of hydrogen-bond donors (Lipinski definition) is 2. The van der Waals surface area contributed by atoms with Gasteiger partial charge in [-0.05, 0) is 17.5 Å². The number of nitrogens with zero attached hydrogens (tertiary/aromatic N) is 2. The molecule has 26 heavy (non-hydrogen) atoms. The van der Waals surface area contributed by atoms with Crippen molar-refractivity contribution < 1.29 is 9.90 Å². The normalized spacial score (nSPS) is 16.4. The first-order valence-corrected chi connectivity index (χ1v) is 9.39. The summed E-state index contributed by atoms with van der Waals surface area (Å²) in [6.45, 7) is 3.58. The molecule has 1 aliphatic rings. The quantitative estimate of drug-likeness (QED) is 0.718. The van der Waals surface area contributed by atoms with Crippen LogP contribution in [-0.4, -0.2) is 58.5 Å². The Kier molecular flexibility index (Phi) is 5.98. The fourth-order valence-corrected chi connectivity index (χ4v) is 4.07. The summed E-state index contributed by atoms with van der Waals surface area (Å²) >= 11 is 1.58. The Morgan fingerprint density at radius 3 is 2.65 bits per heavy atom. The summed E-state index contributed by atoms with van der Waals surface area (Å²) < 4.78 is 0. The molecule has 3 heterocycles. The van der Waals surface area contributed by atoms with E-state index >= 15 is 0 Å². The molecule has 1 fully saturated rings. The molecule has 0 radical (unpaired) electrons. The van der Waals surface area contributed by atoms with E-state index in [1.54, 1.807) is 17.5 Å². The van der Waals surface area contributed by atoms with E-state index in [-0.39, 0.29) is 18.3 Å². The first kappa shape index (κ1) is 18.9. The van der Waals surface area contributed by atoms with E-state index < -0.39 is 6.10 Å². The minimum absolute atomic E-state index is 0. The summed E-state index contributed by atoms with van der Waals surface area (Å²) in [7, 11) is 0. The third-order valence-corrected chi connectivity index (χ3v) is 5.76. The highest BCUT2D eigenvalue weighted by Crippen LogP contribution is 2.22. The zero-order valence-electron chi connectivity index (χ0n) is 14.3. The van der Waals surface area contributed by atoms with Crippen molar-refractivity contribution in [3.05, 3.63) is 58.4 Å². The summed E-state index contributed by atoms with van der Waals surface area (Å²) in [5.41, 5.74) is 1.73. The zero-order chi connectivity index (χ0) is 17.2. The molecule has 0 saturated carbocycles. The van der Waals surface area contributed by atoms with Gasteiger partial charge in [-0.15, -0.1) is 23.7 Å². The van der Waals surface area contributed by atoms with Gasteiger partial charge in [0.2, 0.25) is 0 Å². The second-order valence-corrected chi connectivity index (χ2v) is 7.35. The topological polar surface area (TPSA) is 59.6 Å². The second-order valence-electron chi connectivity index (χ2n) is 6.37. The molecule has 0 bridgehead atoms. The molecule has 1 aliphatic heterocycles. The number of rotatable bonds is 4. The monoisotopic (exact) mass is 391 g/mol. The molecule has 1 atom stereocenters. The molecule has 4 rings (SSSR count). The molecule has 1 saturated heterocycles. The fraction of sp³-hybridized carbons (Fsp3) is 0.316. The van der Waals surface area contributed by atoms with Crippen molar-refractivity contribution in [2.45, 2.75) is 6.10 Å². The van der Waals surface area contributed by atoms with Gasteiger partial charge in [0, 0.05) is 54.7 Å². The molecule has 1 aromatic carbocycles. The highest BCUT2D eigenvalue weighted by Gasteiger charge is 2.25. The lowest BCUT2D eigenvalue weighted by Gasteiger charge is -2.35. The molecule has 1 amide bonds. The Morgan fingerprint density at radius 1 is 1.15 bits per heavy atom. The maximum atomic E-state index is 12.8. The second kappa shape index (κ2) is 8.22. The number of carbonyl (C=O) groups excluding carboxylic acids is 1. The van der Waals surface area contributed by atoms with Crippen LogP contribution in [0.5, 0.6) is 0 Å². The SMILES string of the molecule is Cl.O=C(c1c[nH]c2ccccc12)N1CCN(CC(O)c2cccs2)CC1. The van der Waals surface area contributed by atoms with Crippen molar-refractivity contribution in [1.29, 1.82) is 0 Å². The third kappa shape index (κ3) is 3.78. The summed E-state index contributed by atoms with van der Waals surface area (Å²) in [6.07, 6.45) is 1.36. The van der Waals surface area contributed by atoms with E-state index in [0.29, 0.717) is 19.6 Å². The molecular weight excluding hydrogens is 370 g/mol. The largest absolute Gasteiger partial charge is 0.386 e. The smallest absolute Gasteiger partial charge is 0.256 e. The standard InChI is InChI=1S/C19H21N3O2S.ClH/c23-17(18-6-3-11-25-18)13-21-7-9-22(10-8-21)19(24)15-12-20-16-5-2-1-4-14(15)16;/h1-6,11-12,17,20,23H,7-10,13H2;1H. The highest BCUT2D eigenvalue weighted by atomic mass is 35.5. The highest BCUT2D eigenvalue weighted by molar-refractivity contribution is 7.10. The number of halogens is 1. The summed E-state index contributed by atoms with van der Waals surface area (Å²) in [5.74, 6) is 0.0795. The molecule has 1 unspecified atom stereocenters. The number of aromatic nitrogens is 1. The molecule has 7 heteroatoms. The number of aliphatic hydroxyl groups excluding tert-OH is 1. The van der Waals surface area contributed by atoms with Crippen molar-refractivity contribution in [3.63, 3.8) is 0 Å². The van der Waals surface area contributed by atoms with E-state index in [9.17, 15) is 9.90 Å². The van der Waals surface area contributed by atoms with E-state index in [0.717, 1.165) is 34.4 Å². The number of carbonyl (C=O) groups is 1. The minimum atomic E-state index is -0.448. The Hall–Kier alpha value is -1.86.